The number of hydrogen-bond acceptors (Lipinski definition) is 1. The third-order valence-corrected chi connectivity index (χ3v) is 2.92. The zero-order valence-electron chi connectivity index (χ0n) is 8.88. The largest absolute Gasteiger partial charge is 0.384 e. The van der Waals surface area contributed by atoms with Gasteiger partial charge in [0.05, 0.1) is 0 Å². The lowest BCUT2D eigenvalue weighted by Gasteiger charge is -2.10. The Morgan fingerprint density at radius 3 is 2.93 bits per heavy atom. The fourth-order valence-corrected chi connectivity index (χ4v) is 1.99. The summed E-state index contributed by atoms with van der Waals surface area (Å²) in [6.07, 6.45) is 3.59. The van der Waals surface area contributed by atoms with Crippen LogP contribution in [0, 0.1) is 5.92 Å². The molecule has 0 aromatic heterocycles. The van der Waals surface area contributed by atoms with E-state index in [9.17, 15) is 0 Å². The van der Waals surface area contributed by atoms with Crippen LogP contribution in [0.4, 0.5) is 5.69 Å². The molecule has 2 rings (SSSR count). The van der Waals surface area contributed by atoms with Gasteiger partial charge in [-0.15, -0.1) is 0 Å². The highest BCUT2D eigenvalue weighted by molar-refractivity contribution is 5.76. The van der Waals surface area contributed by atoms with Crippen molar-refractivity contribution < 1.29 is 0 Å². The Hall–Kier alpha value is -1.24. The minimum absolute atomic E-state index is 0.669. The van der Waals surface area contributed by atoms with Crippen molar-refractivity contribution in [2.75, 3.05) is 11.9 Å². The van der Waals surface area contributed by atoms with Gasteiger partial charge in [0, 0.05) is 17.8 Å². The fraction of sp³-hybridized carbons (Fsp3) is 0.385. The van der Waals surface area contributed by atoms with Gasteiger partial charge in [0.2, 0.25) is 0 Å². The zero-order valence-corrected chi connectivity index (χ0v) is 8.88. The van der Waals surface area contributed by atoms with E-state index in [1.165, 1.54) is 23.2 Å². The number of fused-ring (bicyclic) bond motifs is 1. The summed E-state index contributed by atoms with van der Waals surface area (Å²) in [7, 11) is 0. The van der Waals surface area contributed by atoms with Gasteiger partial charge in [-0.1, -0.05) is 31.2 Å². The molecule has 1 aromatic carbocycles. The summed E-state index contributed by atoms with van der Waals surface area (Å²) < 4.78 is 0. The summed E-state index contributed by atoms with van der Waals surface area (Å²) >= 11 is 0. The predicted octanol–water partition coefficient (Wildman–Crippen LogP) is 3.54. The van der Waals surface area contributed by atoms with Gasteiger partial charge in [-0.05, 0) is 30.9 Å². The third kappa shape index (κ3) is 1.67. The highest BCUT2D eigenvalue weighted by Crippen LogP contribution is 2.28. The van der Waals surface area contributed by atoms with Crippen molar-refractivity contribution in [3.63, 3.8) is 0 Å². The van der Waals surface area contributed by atoms with Gasteiger partial charge in [0.1, 0.15) is 0 Å². The second-order valence-electron chi connectivity index (χ2n) is 3.94. The van der Waals surface area contributed by atoms with Crippen LogP contribution >= 0.6 is 0 Å². The molecule has 0 aliphatic carbocycles. The van der Waals surface area contributed by atoms with E-state index in [4.69, 9.17) is 0 Å². The second-order valence-corrected chi connectivity index (χ2v) is 3.94. The molecular weight excluding hydrogens is 170 g/mol. The first-order chi connectivity index (χ1) is 6.81. The number of hydrogen-bond donors (Lipinski definition) is 1. The van der Waals surface area contributed by atoms with Crippen LogP contribution in [-0.4, -0.2) is 6.54 Å². The smallest absolute Gasteiger partial charge is 0.0416 e. The average Bonchev–Trinajstić information content (AvgIpc) is 2.39. The molecular formula is C13H17N. The molecule has 1 heterocycles. The Bertz CT molecular complexity index is 352. The van der Waals surface area contributed by atoms with E-state index in [0.717, 1.165) is 6.54 Å². The highest BCUT2D eigenvalue weighted by Gasteiger charge is 2.11. The van der Waals surface area contributed by atoms with Crippen LogP contribution in [0.1, 0.15) is 25.8 Å². The Labute approximate surface area is 85.8 Å². The van der Waals surface area contributed by atoms with Crippen LogP contribution in [0.15, 0.2) is 30.3 Å². The third-order valence-electron chi connectivity index (χ3n) is 2.92. The molecule has 0 amide bonds. The predicted molar refractivity (Wildman–Crippen MR) is 62.4 cm³/mol. The number of anilines is 1. The number of nitrogens with one attached hydrogen (secondary N) is 1. The molecule has 1 N–H and O–H groups in total. The summed E-state index contributed by atoms with van der Waals surface area (Å²) in [4.78, 5) is 0. The molecule has 1 aliphatic rings. The molecule has 1 atom stereocenters. The van der Waals surface area contributed by atoms with Gasteiger partial charge in [-0.3, -0.25) is 0 Å². The second kappa shape index (κ2) is 3.87. The van der Waals surface area contributed by atoms with Crippen molar-refractivity contribution in [3.05, 3.63) is 35.9 Å². The summed E-state index contributed by atoms with van der Waals surface area (Å²) in [6.45, 7) is 5.51. The van der Waals surface area contributed by atoms with E-state index in [0.29, 0.717) is 5.92 Å². The Morgan fingerprint density at radius 1 is 1.36 bits per heavy atom. The van der Waals surface area contributed by atoms with Crippen molar-refractivity contribution in [1.29, 1.82) is 0 Å². The average molecular weight is 187 g/mol. The quantitative estimate of drug-likeness (QED) is 0.709. The number of benzene rings is 1. The fourth-order valence-electron chi connectivity index (χ4n) is 1.99. The normalized spacial score (nSPS) is 20.4. The number of allylic oxidation sites excluding steroid dienone is 1. The molecule has 0 radical (unpaired) electrons. The van der Waals surface area contributed by atoms with Crippen molar-refractivity contribution in [2.24, 2.45) is 5.92 Å². The first kappa shape index (κ1) is 9.32. The van der Waals surface area contributed by atoms with E-state index < -0.39 is 0 Å². The lowest BCUT2D eigenvalue weighted by Crippen LogP contribution is -2.09. The van der Waals surface area contributed by atoms with Crippen LogP contribution in [0.25, 0.3) is 5.57 Å². The van der Waals surface area contributed by atoms with Gasteiger partial charge in [0.15, 0.2) is 0 Å². The van der Waals surface area contributed by atoms with E-state index in [2.05, 4.69) is 49.5 Å². The molecule has 14 heavy (non-hydrogen) atoms. The molecule has 0 saturated heterocycles. The Kier molecular flexibility index (Phi) is 2.58. The molecule has 1 nitrogen and oxygen atoms in total. The summed E-state index contributed by atoms with van der Waals surface area (Å²) in [5, 5.41) is 3.50. The van der Waals surface area contributed by atoms with Gasteiger partial charge in [0.25, 0.3) is 0 Å². The standard InChI is InChI=1S/C13H17N/c1-3-11-8-10(2)12-6-4-5-7-13(12)14-9-11/h4-8,11,14H,3,9H2,1-2H3. The maximum absolute atomic E-state index is 3.50. The molecule has 0 saturated carbocycles. The van der Waals surface area contributed by atoms with Crippen molar-refractivity contribution in [1.82, 2.24) is 0 Å². The molecule has 74 valence electrons. The van der Waals surface area contributed by atoms with Crippen molar-refractivity contribution in [2.45, 2.75) is 20.3 Å². The van der Waals surface area contributed by atoms with Crippen LogP contribution < -0.4 is 5.32 Å². The number of para-hydroxylation sites is 1. The molecule has 0 spiro atoms. The maximum atomic E-state index is 3.50. The lowest BCUT2D eigenvalue weighted by atomic mass is 10.0. The van der Waals surface area contributed by atoms with E-state index in [1.54, 1.807) is 0 Å². The molecule has 0 bridgehead atoms. The zero-order chi connectivity index (χ0) is 9.97. The summed E-state index contributed by atoms with van der Waals surface area (Å²) in [5.41, 5.74) is 4.03. The van der Waals surface area contributed by atoms with Gasteiger partial charge >= 0.3 is 0 Å². The number of rotatable bonds is 1. The summed E-state index contributed by atoms with van der Waals surface area (Å²) in [6, 6.07) is 8.53. The lowest BCUT2D eigenvalue weighted by molar-refractivity contribution is 0.664. The summed E-state index contributed by atoms with van der Waals surface area (Å²) in [5.74, 6) is 0.669. The molecule has 1 aliphatic heterocycles. The first-order valence-electron chi connectivity index (χ1n) is 5.33. The van der Waals surface area contributed by atoms with E-state index in [-0.39, 0.29) is 0 Å². The minimum Gasteiger partial charge on any atom is -0.384 e. The van der Waals surface area contributed by atoms with Crippen molar-refractivity contribution >= 4 is 11.3 Å². The van der Waals surface area contributed by atoms with Crippen LogP contribution in [0.5, 0.6) is 0 Å². The van der Waals surface area contributed by atoms with Gasteiger partial charge in [-0.2, -0.15) is 0 Å². The van der Waals surface area contributed by atoms with Crippen LogP contribution in [0.2, 0.25) is 0 Å². The Balaban J connectivity index is 2.39. The van der Waals surface area contributed by atoms with Gasteiger partial charge < -0.3 is 5.32 Å². The minimum atomic E-state index is 0.669. The molecule has 1 heteroatoms. The van der Waals surface area contributed by atoms with Gasteiger partial charge in [-0.25, -0.2) is 0 Å². The Morgan fingerprint density at radius 2 is 2.14 bits per heavy atom. The molecule has 0 fully saturated rings. The highest BCUT2D eigenvalue weighted by atomic mass is 14.9. The maximum Gasteiger partial charge on any atom is 0.0416 e. The van der Waals surface area contributed by atoms with E-state index in [1.807, 2.05) is 0 Å². The molecule has 1 aromatic rings. The van der Waals surface area contributed by atoms with E-state index >= 15 is 0 Å². The SMILES string of the molecule is CCC1C=C(C)c2ccccc2NC1. The first-order valence-corrected chi connectivity index (χ1v) is 5.33. The van der Waals surface area contributed by atoms with Crippen molar-refractivity contribution in [3.8, 4) is 0 Å². The van der Waals surface area contributed by atoms with Crippen LogP contribution in [0.3, 0.4) is 0 Å². The monoisotopic (exact) mass is 187 g/mol. The topological polar surface area (TPSA) is 12.0 Å². The molecule has 1 unspecified atom stereocenters. The van der Waals surface area contributed by atoms with Crippen LogP contribution in [-0.2, 0) is 0 Å².